The minimum absolute atomic E-state index is 0.363. The standard InChI is InChI=1S/C11H23NS/c1-9-5-10(2)12(6-9)7-11(3,4)8-13/h9-10,13H,5-8H2,1-4H3. The Balaban J connectivity index is 2.45. The molecule has 0 bridgehead atoms. The van der Waals surface area contributed by atoms with Gasteiger partial charge in [0, 0.05) is 19.1 Å². The summed E-state index contributed by atoms with van der Waals surface area (Å²) >= 11 is 4.40. The highest BCUT2D eigenvalue weighted by Gasteiger charge is 2.30. The van der Waals surface area contributed by atoms with Gasteiger partial charge in [0.15, 0.2) is 0 Å². The third-order valence-electron chi connectivity index (χ3n) is 2.97. The molecule has 0 aromatic rings. The summed E-state index contributed by atoms with van der Waals surface area (Å²) in [7, 11) is 0. The number of hydrogen-bond donors (Lipinski definition) is 1. The maximum atomic E-state index is 4.40. The molecule has 0 saturated carbocycles. The lowest BCUT2D eigenvalue weighted by Gasteiger charge is -2.31. The zero-order valence-electron chi connectivity index (χ0n) is 9.38. The summed E-state index contributed by atoms with van der Waals surface area (Å²) in [6.45, 7) is 11.8. The van der Waals surface area contributed by atoms with Crippen LogP contribution < -0.4 is 0 Å². The van der Waals surface area contributed by atoms with Gasteiger partial charge < -0.3 is 0 Å². The van der Waals surface area contributed by atoms with Crippen LogP contribution in [0, 0.1) is 11.3 Å². The van der Waals surface area contributed by atoms with Gasteiger partial charge in [-0.2, -0.15) is 12.6 Å². The van der Waals surface area contributed by atoms with Gasteiger partial charge in [0.05, 0.1) is 0 Å². The minimum atomic E-state index is 0.363. The smallest absolute Gasteiger partial charge is 0.00702 e. The number of nitrogens with zero attached hydrogens (tertiary/aromatic N) is 1. The molecule has 1 aliphatic heterocycles. The van der Waals surface area contributed by atoms with E-state index in [1.54, 1.807) is 0 Å². The molecule has 1 heterocycles. The average molecular weight is 201 g/mol. The molecule has 0 aromatic heterocycles. The fraction of sp³-hybridized carbons (Fsp3) is 1.00. The maximum absolute atomic E-state index is 4.40. The Kier molecular flexibility index (Phi) is 3.70. The van der Waals surface area contributed by atoms with E-state index in [1.807, 2.05) is 0 Å². The molecule has 13 heavy (non-hydrogen) atoms. The molecule has 0 spiro atoms. The highest BCUT2D eigenvalue weighted by Crippen LogP contribution is 2.27. The van der Waals surface area contributed by atoms with Gasteiger partial charge in [-0.15, -0.1) is 0 Å². The van der Waals surface area contributed by atoms with Crippen molar-refractivity contribution in [1.82, 2.24) is 4.90 Å². The SMILES string of the molecule is CC1CC(C)N(CC(C)(C)CS)C1. The monoisotopic (exact) mass is 201 g/mol. The maximum Gasteiger partial charge on any atom is 0.00702 e. The van der Waals surface area contributed by atoms with Gasteiger partial charge in [-0.05, 0) is 30.4 Å². The highest BCUT2D eigenvalue weighted by molar-refractivity contribution is 7.80. The Bertz CT molecular complexity index is 167. The first kappa shape index (κ1) is 11.4. The molecular weight excluding hydrogens is 178 g/mol. The summed E-state index contributed by atoms with van der Waals surface area (Å²) in [5, 5.41) is 0. The third kappa shape index (κ3) is 3.17. The zero-order valence-corrected chi connectivity index (χ0v) is 10.3. The van der Waals surface area contributed by atoms with E-state index in [0.717, 1.165) is 17.7 Å². The predicted molar refractivity (Wildman–Crippen MR) is 62.5 cm³/mol. The Morgan fingerprint density at radius 1 is 1.38 bits per heavy atom. The molecule has 0 aliphatic carbocycles. The van der Waals surface area contributed by atoms with Crippen LogP contribution in [0.2, 0.25) is 0 Å². The van der Waals surface area contributed by atoms with Gasteiger partial charge in [0.2, 0.25) is 0 Å². The second-order valence-electron chi connectivity index (χ2n) is 5.44. The van der Waals surface area contributed by atoms with Crippen LogP contribution in [0.1, 0.15) is 34.1 Å². The van der Waals surface area contributed by atoms with Gasteiger partial charge in [0.1, 0.15) is 0 Å². The molecule has 2 atom stereocenters. The normalized spacial score (nSPS) is 31.2. The first-order valence-corrected chi connectivity index (χ1v) is 5.93. The quantitative estimate of drug-likeness (QED) is 0.687. The zero-order chi connectivity index (χ0) is 10.1. The predicted octanol–water partition coefficient (Wildman–Crippen LogP) is 2.67. The van der Waals surface area contributed by atoms with Crippen molar-refractivity contribution in [2.24, 2.45) is 11.3 Å². The summed E-state index contributed by atoms with van der Waals surface area (Å²) in [4.78, 5) is 2.61. The van der Waals surface area contributed by atoms with Crippen molar-refractivity contribution >= 4 is 12.6 Å². The molecule has 0 amide bonds. The Hall–Kier alpha value is 0.310. The minimum Gasteiger partial charge on any atom is -0.300 e. The van der Waals surface area contributed by atoms with Crippen molar-refractivity contribution in [1.29, 1.82) is 0 Å². The van der Waals surface area contributed by atoms with Crippen LogP contribution in [0.3, 0.4) is 0 Å². The fourth-order valence-electron chi connectivity index (χ4n) is 2.21. The molecule has 0 N–H and O–H groups in total. The first-order valence-electron chi connectivity index (χ1n) is 5.29. The van der Waals surface area contributed by atoms with Crippen LogP contribution >= 0.6 is 12.6 Å². The average Bonchev–Trinajstić information content (AvgIpc) is 2.30. The molecule has 2 heteroatoms. The molecule has 1 saturated heterocycles. The number of thiol groups is 1. The van der Waals surface area contributed by atoms with Crippen molar-refractivity contribution in [2.45, 2.75) is 40.2 Å². The van der Waals surface area contributed by atoms with Crippen LogP contribution in [0.25, 0.3) is 0 Å². The van der Waals surface area contributed by atoms with Gasteiger partial charge in [-0.1, -0.05) is 20.8 Å². The molecule has 1 nitrogen and oxygen atoms in total. The Morgan fingerprint density at radius 3 is 2.38 bits per heavy atom. The van der Waals surface area contributed by atoms with E-state index in [9.17, 15) is 0 Å². The van der Waals surface area contributed by atoms with Crippen molar-refractivity contribution < 1.29 is 0 Å². The molecule has 78 valence electrons. The van der Waals surface area contributed by atoms with Crippen molar-refractivity contribution in [2.75, 3.05) is 18.8 Å². The van der Waals surface area contributed by atoms with Crippen LogP contribution in [-0.4, -0.2) is 29.8 Å². The fourth-order valence-corrected chi connectivity index (χ4v) is 2.31. The first-order chi connectivity index (χ1) is 5.94. The van der Waals surface area contributed by atoms with Crippen LogP contribution in [0.4, 0.5) is 0 Å². The van der Waals surface area contributed by atoms with E-state index in [1.165, 1.54) is 19.5 Å². The summed E-state index contributed by atoms with van der Waals surface area (Å²) in [5.74, 6) is 1.86. The summed E-state index contributed by atoms with van der Waals surface area (Å²) < 4.78 is 0. The highest BCUT2D eigenvalue weighted by atomic mass is 32.1. The summed E-state index contributed by atoms with van der Waals surface area (Å²) in [6.07, 6.45) is 1.36. The van der Waals surface area contributed by atoms with Gasteiger partial charge >= 0.3 is 0 Å². The number of hydrogen-bond acceptors (Lipinski definition) is 2. The Morgan fingerprint density at radius 2 is 2.00 bits per heavy atom. The van der Waals surface area contributed by atoms with Crippen LogP contribution in [0.15, 0.2) is 0 Å². The van der Waals surface area contributed by atoms with E-state index in [0.29, 0.717) is 5.41 Å². The molecule has 2 unspecified atom stereocenters. The van der Waals surface area contributed by atoms with Gasteiger partial charge in [0.25, 0.3) is 0 Å². The summed E-state index contributed by atoms with van der Waals surface area (Å²) in [6, 6.07) is 0.772. The lowest BCUT2D eigenvalue weighted by atomic mass is 9.95. The number of likely N-dealkylation sites (tertiary alicyclic amines) is 1. The molecular formula is C11H23NS. The molecule has 1 rings (SSSR count). The largest absolute Gasteiger partial charge is 0.300 e. The van der Waals surface area contributed by atoms with Crippen molar-refractivity contribution in [3.8, 4) is 0 Å². The van der Waals surface area contributed by atoms with E-state index >= 15 is 0 Å². The van der Waals surface area contributed by atoms with Gasteiger partial charge in [-0.25, -0.2) is 0 Å². The lowest BCUT2D eigenvalue weighted by molar-refractivity contribution is 0.187. The lowest BCUT2D eigenvalue weighted by Crippen LogP contribution is -2.37. The third-order valence-corrected chi connectivity index (χ3v) is 3.83. The molecule has 1 aliphatic rings. The molecule has 0 aromatic carbocycles. The van der Waals surface area contributed by atoms with Crippen molar-refractivity contribution in [3.63, 3.8) is 0 Å². The second kappa shape index (κ2) is 4.22. The summed E-state index contributed by atoms with van der Waals surface area (Å²) in [5.41, 5.74) is 0.363. The van der Waals surface area contributed by atoms with Crippen LogP contribution in [-0.2, 0) is 0 Å². The second-order valence-corrected chi connectivity index (χ2v) is 5.76. The number of rotatable bonds is 3. The van der Waals surface area contributed by atoms with E-state index in [-0.39, 0.29) is 0 Å². The topological polar surface area (TPSA) is 3.24 Å². The van der Waals surface area contributed by atoms with Crippen molar-refractivity contribution in [3.05, 3.63) is 0 Å². The Labute approximate surface area is 88.3 Å². The van der Waals surface area contributed by atoms with E-state index in [2.05, 4.69) is 45.2 Å². The van der Waals surface area contributed by atoms with E-state index in [4.69, 9.17) is 0 Å². The molecule has 0 radical (unpaired) electrons. The van der Waals surface area contributed by atoms with Gasteiger partial charge in [-0.3, -0.25) is 4.90 Å². The van der Waals surface area contributed by atoms with E-state index < -0.39 is 0 Å². The molecule has 1 fully saturated rings. The van der Waals surface area contributed by atoms with Crippen LogP contribution in [0.5, 0.6) is 0 Å².